The summed E-state index contributed by atoms with van der Waals surface area (Å²) in [6.07, 6.45) is -0.955. The summed E-state index contributed by atoms with van der Waals surface area (Å²) >= 11 is 11.9. The topological polar surface area (TPSA) is 72.6 Å². The smallest absolute Gasteiger partial charge is 0.267 e. The van der Waals surface area contributed by atoms with Crippen LogP contribution in [0.5, 0.6) is 5.75 Å². The lowest BCUT2D eigenvalue weighted by Crippen LogP contribution is -2.42. The molecule has 2 N–H and O–H groups in total. The zero-order valence-corrected chi connectivity index (χ0v) is 15.4. The summed E-state index contributed by atoms with van der Waals surface area (Å²) in [4.78, 5) is 25.2. The summed E-state index contributed by atoms with van der Waals surface area (Å²) in [5.74, 6) is -1.12. The Balaban J connectivity index is 2.20. The van der Waals surface area contributed by atoms with Gasteiger partial charge in [-0.15, -0.1) is 0 Å². The van der Waals surface area contributed by atoms with Crippen LogP contribution in [0.2, 0.25) is 10.0 Å². The highest BCUT2D eigenvalue weighted by Gasteiger charge is 2.24. The standard InChI is InChI=1S/C18H17Cl2FN2O3/c1-11(26-16-7-2-12(19)10-15(16)20)18(25)23(9-8-17(22)24)14-5-3-13(21)4-6-14/h2-7,10-11H,8-9H2,1H3,(H2,22,24). The maximum Gasteiger partial charge on any atom is 0.267 e. The number of nitrogens with zero attached hydrogens (tertiary/aromatic N) is 1. The number of rotatable bonds is 7. The Morgan fingerprint density at radius 1 is 1.19 bits per heavy atom. The molecule has 5 nitrogen and oxygen atoms in total. The van der Waals surface area contributed by atoms with Crippen LogP contribution in [-0.4, -0.2) is 24.5 Å². The lowest BCUT2D eigenvalue weighted by Gasteiger charge is -2.26. The van der Waals surface area contributed by atoms with Crippen molar-refractivity contribution in [2.45, 2.75) is 19.4 Å². The number of carbonyl (C=O) groups excluding carboxylic acids is 2. The van der Waals surface area contributed by atoms with Gasteiger partial charge in [-0.1, -0.05) is 23.2 Å². The number of amides is 2. The molecule has 0 aromatic heterocycles. The number of hydrogen-bond donors (Lipinski definition) is 1. The van der Waals surface area contributed by atoms with Crippen LogP contribution in [0.1, 0.15) is 13.3 Å². The minimum Gasteiger partial charge on any atom is -0.479 e. The molecule has 0 fully saturated rings. The quantitative estimate of drug-likeness (QED) is 0.770. The number of primary amides is 1. The lowest BCUT2D eigenvalue weighted by molar-refractivity contribution is -0.124. The predicted molar refractivity (Wildman–Crippen MR) is 99.1 cm³/mol. The first kappa shape index (κ1) is 20.0. The number of halogens is 3. The van der Waals surface area contributed by atoms with E-state index in [1.54, 1.807) is 19.1 Å². The number of nitrogens with two attached hydrogens (primary N) is 1. The molecule has 0 saturated heterocycles. The number of carbonyl (C=O) groups is 2. The fraction of sp³-hybridized carbons (Fsp3) is 0.222. The molecule has 8 heteroatoms. The third-order valence-corrected chi connectivity index (χ3v) is 4.06. The summed E-state index contributed by atoms with van der Waals surface area (Å²) in [5.41, 5.74) is 5.60. The van der Waals surface area contributed by atoms with Gasteiger partial charge in [0.1, 0.15) is 11.6 Å². The Bertz CT molecular complexity index is 800. The molecule has 0 spiro atoms. The second-order valence-electron chi connectivity index (χ2n) is 5.52. The molecule has 2 aromatic carbocycles. The SMILES string of the molecule is CC(Oc1ccc(Cl)cc1Cl)C(=O)N(CCC(N)=O)c1ccc(F)cc1. The first-order chi connectivity index (χ1) is 12.3. The van der Waals surface area contributed by atoms with Gasteiger partial charge in [0.15, 0.2) is 6.10 Å². The highest BCUT2D eigenvalue weighted by molar-refractivity contribution is 6.35. The van der Waals surface area contributed by atoms with Crippen LogP contribution in [0.3, 0.4) is 0 Å². The van der Waals surface area contributed by atoms with E-state index in [0.717, 1.165) is 0 Å². The molecular formula is C18H17Cl2FN2O3. The number of benzene rings is 2. The molecule has 1 atom stereocenters. The van der Waals surface area contributed by atoms with Crippen molar-refractivity contribution in [1.82, 2.24) is 0 Å². The van der Waals surface area contributed by atoms with Crippen LogP contribution < -0.4 is 15.4 Å². The van der Waals surface area contributed by atoms with E-state index in [1.165, 1.54) is 35.2 Å². The highest BCUT2D eigenvalue weighted by Crippen LogP contribution is 2.29. The zero-order valence-electron chi connectivity index (χ0n) is 13.9. The van der Waals surface area contributed by atoms with Gasteiger partial charge in [-0.05, 0) is 49.4 Å². The maximum absolute atomic E-state index is 13.2. The van der Waals surface area contributed by atoms with Gasteiger partial charge in [0.2, 0.25) is 5.91 Å². The van der Waals surface area contributed by atoms with E-state index >= 15 is 0 Å². The van der Waals surface area contributed by atoms with Gasteiger partial charge in [0.05, 0.1) is 5.02 Å². The van der Waals surface area contributed by atoms with Crippen LogP contribution in [0.4, 0.5) is 10.1 Å². The van der Waals surface area contributed by atoms with E-state index in [-0.39, 0.29) is 18.0 Å². The Morgan fingerprint density at radius 2 is 1.85 bits per heavy atom. The van der Waals surface area contributed by atoms with Crippen LogP contribution in [0.15, 0.2) is 42.5 Å². The fourth-order valence-electron chi connectivity index (χ4n) is 2.24. The fourth-order valence-corrected chi connectivity index (χ4v) is 2.69. The van der Waals surface area contributed by atoms with Crippen LogP contribution >= 0.6 is 23.2 Å². The van der Waals surface area contributed by atoms with Crippen molar-refractivity contribution in [3.63, 3.8) is 0 Å². The van der Waals surface area contributed by atoms with Crippen LogP contribution in [0.25, 0.3) is 0 Å². The average Bonchev–Trinajstić information content (AvgIpc) is 2.58. The van der Waals surface area contributed by atoms with Crippen molar-refractivity contribution < 1.29 is 18.7 Å². The maximum atomic E-state index is 13.2. The second kappa shape index (κ2) is 8.87. The van der Waals surface area contributed by atoms with E-state index in [9.17, 15) is 14.0 Å². The molecule has 26 heavy (non-hydrogen) atoms. The normalized spacial score (nSPS) is 11.7. The molecule has 0 aliphatic rings. The van der Waals surface area contributed by atoms with Crippen LogP contribution in [0, 0.1) is 5.82 Å². The van der Waals surface area contributed by atoms with Crippen molar-refractivity contribution >= 4 is 40.7 Å². The number of hydrogen-bond acceptors (Lipinski definition) is 3. The van der Waals surface area contributed by atoms with Crippen molar-refractivity contribution in [3.8, 4) is 5.75 Å². The summed E-state index contributed by atoms with van der Waals surface area (Å²) < 4.78 is 18.8. The Labute approximate surface area is 160 Å². The molecule has 2 rings (SSSR count). The molecule has 0 bridgehead atoms. The molecule has 1 unspecified atom stereocenters. The molecule has 2 aromatic rings. The Kier molecular flexibility index (Phi) is 6.83. The molecule has 0 aliphatic carbocycles. The second-order valence-corrected chi connectivity index (χ2v) is 6.36. The van der Waals surface area contributed by atoms with Gasteiger partial charge in [-0.2, -0.15) is 0 Å². The van der Waals surface area contributed by atoms with E-state index < -0.39 is 23.7 Å². The van der Waals surface area contributed by atoms with Gasteiger partial charge >= 0.3 is 0 Å². The van der Waals surface area contributed by atoms with Gasteiger partial charge in [0, 0.05) is 23.7 Å². The van der Waals surface area contributed by atoms with Crippen molar-refractivity contribution in [2.24, 2.45) is 5.73 Å². The van der Waals surface area contributed by atoms with Crippen molar-refractivity contribution in [2.75, 3.05) is 11.4 Å². The molecule has 2 amide bonds. The van der Waals surface area contributed by atoms with Crippen LogP contribution in [-0.2, 0) is 9.59 Å². The van der Waals surface area contributed by atoms with Gasteiger partial charge in [-0.3, -0.25) is 9.59 Å². The van der Waals surface area contributed by atoms with Gasteiger partial charge in [0.25, 0.3) is 5.91 Å². The zero-order chi connectivity index (χ0) is 19.3. The third-order valence-electron chi connectivity index (χ3n) is 3.53. The van der Waals surface area contributed by atoms with E-state index in [1.807, 2.05) is 0 Å². The first-order valence-electron chi connectivity index (χ1n) is 7.75. The van der Waals surface area contributed by atoms with E-state index in [0.29, 0.717) is 16.5 Å². The summed E-state index contributed by atoms with van der Waals surface area (Å²) in [5, 5.41) is 0.707. The summed E-state index contributed by atoms with van der Waals surface area (Å²) in [6.45, 7) is 1.59. The van der Waals surface area contributed by atoms with Crippen molar-refractivity contribution in [3.05, 3.63) is 58.3 Å². The number of ether oxygens (including phenoxy) is 1. The first-order valence-corrected chi connectivity index (χ1v) is 8.50. The predicted octanol–water partition coefficient (Wildman–Crippen LogP) is 3.81. The van der Waals surface area contributed by atoms with E-state index in [2.05, 4.69) is 0 Å². The number of anilines is 1. The molecule has 0 heterocycles. The largest absolute Gasteiger partial charge is 0.479 e. The van der Waals surface area contributed by atoms with Crippen molar-refractivity contribution in [1.29, 1.82) is 0 Å². The molecular weight excluding hydrogens is 382 g/mol. The summed E-state index contributed by atoms with van der Waals surface area (Å²) in [7, 11) is 0. The molecule has 0 aliphatic heterocycles. The molecule has 0 saturated carbocycles. The Morgan fingerprint density at radius 3 is 2.42 bits per heavy atom. The minimum atomic E-state index is -0.911. The summed E-state index contributed by atoms with van der Waals surface area (Å²) in [6, 6.07) is 9.97. The van der Waals surface area contributed by atoms with E-state index in [4.69, 9.17) is 33.7 Å². The minimum absolute atomic E-state index is 0.0435. The van der Waals surface area contributed by atoms with Gasteiger partial charge < -0.3 is 15.4 Å². The van der Waals surface area contributed by atoms with Gasteiger partial charge in [-0.25, -0.2) is 4.39 Å². The molecule has 138 valence electrons. The lowest BCUT2D eigenvalue weighted by atomic mass is 10.2. The average molecular weight is 399 g/mol. The monoisotopic (exact) mass is 398 g/mol. The highest BCUT2D eigenvalue weighted by atomic mass is 35.5. The third kappa shape index (κ3) is 5.34. The molecule has 0 radical (unpaired) electrons. The Hall–Kier alpha value is -2.31.